The van der Waals surface area contributed by atoms with E-state index in [0.29, 0.717) is 24.2 Å². The molecule has 6 heteroatoms. The Bertz CT molecular complexity index is 1250. The Balaban J connectivity index is 1.80. The summed E-state index contributed by atoms with van der Waals surface area (Å²) < 4.78 is 18.0. The van der Waals surface area contributed by atoms with Gasteiger partial charge < -0.3 is 14.2 Å². The molecule has 0 unspecified atom stereocenters. The number of methoxy groups -OCH3 is 1. The molecule has 5 rings (SSSR count). The molecule has 2 aliphatic heterocycles. The van der Waals surface area contributed by atoms with Crippen molar-refractivity contribution in [2.45, 2.75) is 43.6 Å². The van der Waals surface area contributed by atoms with Crippen molar-refractivity contribution in [3.8, 4) is 0 Å². The molecule has 2 heterocycles. The second-order valence-electron chi connectivity index (χ2n) is 9.65. The summed E-state index contributed by atoms with van der Waals surface area (Å²) in [4.78, 5) is 25.2. The van der Waals surface area contributed by atoms with Crippen LogP contribution in [0.25, 0.3) is 0 Å². The number of rotatable bonds is 6. The first-order valence-electron chi connectivity index (χ1n) is 12.2. The SMILES string of the molecule is COC(=O)C1=C(OC(C)=O)C[C@]2([Si](C)(c3ccccc3)c3ccccc3)O[C@@H]1C[C@@H]2c1ccccc1. The number of hydrogen-bond acceptors (Lipinski definition) is 5. The highest BCUT2D eigenvalue weighted by Gasteiger charge is 2.66. The lowest BCUT2D eigenvalue weighted by Gasteiger charge is -2.50. The Morgan fingerprint density at radius 3 is 1.92 bits per heavy atom. The van der Waals surface area contributed by atoms with Gasteiger partial charge in [-0.1, -0.05) is 108 Å². The van der Waals surface area contributed by atoms with E-state index >= 15 is 0 Å². The first kappa shape index (κ1) is 24.2. The lowest BCUT2D eigenvalue weighted by molar-refractivity contribution is -0.142. The van der Waals surface area contributed by atoms with Gasteiger partial charge in [-0.25, -0.2) is 4.79 Å². The van der Waals surface area contributed by atoms with Crippen LogP contribution < -0.4 is 10.4 Å². The molecule has 2 bridgehead atoms. The van der Waals surface area contributed by atoms with Crippen molar-refractivity contribution in [3.63, 3.8) is 0 Å². The molecule has 1 saturated heterocycles. The summed E-state index contributed by atoms with van der Waals surface area (Å²) in [6.45, 7) is 3.70. The Labute approximate surface area is 212 Å². The van der Waals surface area contributed by atoms with E-state index in [1.165, 1.54) is 24.4 Å². The maximum atomic E-state index is 12.9. The Morgan fingerprint density at radius 2 is 1.42 bits per heavy atom. The van der Waals surface area contributed by atoms with E-state index < -0.39 is 31.3 Å². The van der Waals surface area contributed by atoms with Crippen molar-refractivity contribution in [3.05, 3.63) is 108 Å². The van der Waals surface area contributed by atoms with E-state index in [-0.39, 0.29) is 5.92 Å². The monoisotopic (exact) mass is 498 g/mol. The topological polar surface area (TPSA) is 61.8 Å². The van der Waals surface area contributed by atoms with Crippen molar-refractivity contribution in [1.82, 2.24) is 0 Å². The van der Waals surface area contributed by atoms with E-state index in [1.54, 1.807) is 0 Å². The van der Waals surface area contributed by atoms with Crippen molar-refractivity contribution in [1.29, 1.82) is 0 Å². The lowest BCUT2D eigenvalue weighted by atomic mass is 9.90. The third kappa shape index (κ3) is 3.81. The maximum absolute atomic E-state index is 12.9. The number of esters is 2. The minimum absolute atomic E-state index is 0.0199. The zero-order valence-corrected chi connectivity index (χ0v) is 21.8. The lowest BCUT2D eigenvalue weighted by Crippen LogP contribution is -2.73. The number of ether oxygens (including phenoxy) is 3. The second kappa shape index (κ2) is 9.52. The summed E-state index contributed by atoms with van der Waals surface area (Å²) in [7, 11) is -1.38. The molecule has 0 N–H and O–H groups in total. The van der Waals surface area contributed by atoms with E-state index in [4.69, 9.17) is 14.2 Å². The fourth-order valence-electron chi connectivity index (χ4n) is 6.20. The molecule has 5 nitrogen and oxygen atoms in total. The molecule has 3 aromatic carbocycles. The highest BCUT2D eigenvalue weighted by molar-refractivity contribution is 7.03. The van der Waals surface area contributed by atoms with Crippen LogP contribution in [0, 0.1) is 0 Å². The molecule has 3 aromatic rings. The minimum Gasteiger partial charge on any atom is -0.465 e. The van der Waals surface area contributed by atoms with Crippen LogP contribution in [0.2, 0.25) is 6.55 Å². The van der Waals surface area contributed by atoms with Gasteiger partial charge in [-0.05, 0) is 12.0 Å². The fraction of sp³-hybridized carbons (Fsp3) is 0.267. The third-order valence-electron chi connectivity index (χ3n) is 7.83. The predicted octanol–water partition coefficient (Wildman–Crippen LogP) is 4.12. The predicted molar refractivity (Wildman–Crippen MR) is 141 cm³/mol. The van der Waals surface area contributed by atoms with Gasteiger partial charge in [-0.2, -0.15) is 0 Å². The van der Waals surface area contributed by atoms with Crippen LogP contribution in [0.15, 0.2) is 102 Å². The van der Waals surface area contributed by atoms with Crippen LogP contribution >= 0.6 is 0 Å². The van der Waals surface area contributed by atoms with E-state index in [1.807, 2.05) is 30.3 Å². The summed E-state index contributed by atoms with van der Waals surface area (Å²) in [5.41, 5.74) is 1.47. The van der Waals surface area contributed by atoms with Gasteiger partial charge in [0, 0.05) is 19.3 Å². The molecule has 0 saturated carbocycles. The van der Waals surface area contributed by atoms with Gasteiger partial charge in [0.25, 0.3) is 0 Å². The number of carbonyl (C=O) groups is 2. The number of carbonyl (C=O) groups excluding carboxylic acids is 2. The van der Waals surface area contributed by atoms with Crippen molar-refractivity contribution < 1.29 is 23.8 Å². The van der Waals surface area contributed by atoms with Gasteiger partial charge >= 0.3 is 11.9 Å². The molecule has 0 aromatic heterocycles. The van der Waals surface area contributed by atoms with Crippen LogP contribution in [0.4, 0.5) is 0 Å². The number of hydrogen-bond donors (Lipinski definition) is 0. The molecule has 2 aliphatic rings. The summed E-state index contributed by atoms with van der Waals surface area (Å²) in [5.74, 6) is -0.619. The first-order valence-corrected chi connectivity index (χ1v) is 14.7. The average Bonchev–Trinajstić information content (AvgIpc) is 3.23. The highest BCUT2D eigenvalue weighted by atomic mass is 28.3. The quantitative estimate of drug-likeness (QED) is 0.378. The number of fused-ring (bicyclic) bond motifs is 2. The van der Waals surface area contributed by atoms with E-state index in [9.17, 15) is 9.59 Å². The Kier molecular flexibility index (Phi) is 6.41. The molecule has 0 amide bonds. The van der Waals surface area contributed by atoms with Crippen molar-refractivity contribution >= 4 is 30.4 Å². The number of benzene rings is 3. The van der Waals surface area contributed by atoms with Crippen LogP contribution in [0.3, 0.4) is 0 Å². The summed E-state index contributed by atoms with van der Waals surface area (Å²) >= 11 is 0. The maximum Gasteiger partial charge on any atom is 0.339 e. The standard InChI is InChI=1S/C30H30O5Si/c1-21(31)34-27-20-30(36(3,23-15-9-5-10-16-23)24-17-11-6-12-18-24)25(22-13-7-4-8-14-22)19-26(35-30)28(27)29(32)33-2/h4-18,25-26H,19-20H2,1-3H3/t25-,26-,30-/m1/s1. The fourth-order valence-corrected chi connectivity index (χ4v) is 11.1. The molecule has 36 heavy (non-hydrogen) atoms. The van der Waals surface area contributed by atoms with Crippen LogP contribution in [-0.2, 0) is 23.8 Å². The van der Waals surface area contributed by atoms with Gasteiger partial charge in [-0.15, -0.1) is 0 Å². The largest absolute Gasteiger partial charge is 0.465 e. The van der Waals surface area contributed by atoms with Gasteiger partial charge in [0.2, 0.25) is 0 Å². The van der Waals surface area contributed by atoms with Gasteiger partial charge in [0.05, 0.1) is 18.4 Å². The molecule has 184 valence electrons. The average molecular weight is 499 g/mol. The smallest absolute Gasteiger partial charge is 0.339 e. The molecular weight excluding hydrogens is 468 g/mol. The van der Waals surface area contributed by atoms with E-state index in [2.05, 4.69) is 67.2 Å². The molecular formula is C30H30O5Si. The molecule has 1 fully saturated rings. The van der Waals surface area contributed by atoms with Gasteiger partial charge in [0.1, 0.15) is 11.3 Å². The van der Waals surface area contributed by atoms with Crippen molar-refractivity contribution in [2.75, 3.05) is 7.11 Å². The molecule has 0 radical (unpaired) electrons. The summed E-state index contributed by atoms with van der Waals surface area (Å²) in [5, 5.41) is 1.74. The molecule has 0 spiro atoms. The Hall–Kier alpha value is -3.48. The Morgan fingerprint density at radius 1 is 0.889 bits per heavy atom. The second-order valence-corrected chi connectivity index (χ2v) is 13.9. The van der Waals surface area contributed by atoms with Gasteiger partial charge in [-0.3, -0.25) is 4.79 Å². The van der Waals surface area contributed by atoms with Crippen molar-refractivity contribution in [2.24, 2.45) is 0 Å². The minimum atomic E-state index is -2.72. The van der Waals surface area contributed by atoms with E-state index in [0.717, 1.165) is 5.56 Å². The summed E-state index contributed by atoms with van der Waals surface area (Å²) in [6.07, 6.45) is 0.367. The molecule has 0 aliphatic carbocycles. The molecule has 3 atom stereocenters. The third-order valence-corrected chi connectivity index (χ3v) is 13.1. The summed E-state index contributed by atoms with van der Waals surface area (Å²) in [6, 6.07) is 31.4. The van der Waals surface area contributed by atoms with Crippen LogP contribution in [0.5, 0.6) is 0 Å². The zero-order valence-electron chi connectivity index (χ0n) is 20.8. The highest BCUT2D eigenvalue weighted by Crippen LogP contribution is 2.56. The van der Waals surface area contributed by atoms with Crippen LogP contribution in [0.1, 0.15) is 31.2 Å². The zero-order chi connectivity index (χ0) is 25.3. The van der Waals surface area contributed by atoms with Gasteiger partial charge in [0.15, 0.2) is 8.07 Å². The first-order chi connectivity index (χ1) is 17.4. The van der Waals surface area contributed by atoms with Crippen LogP contribution in [-0.4, -0.2) is 38.5 Å². The normalized spacial score (nSPS) is 23.3.